The summed E-state index contributed by atoms with van der Waals surface area (Å²) in [7, 11) is 1.53. The summed E-state index contributed by atoms with van der Waals surface area (Å²) in [4.78, 5) is 72.4. The summed E-state index contributed by atoms with van der Waals surface area (Å²) >= 11 is 0. The Hall–Kier alpha value is -4.41. The number of phenols is 1. The second-order valence-corrected chi connectivity index (χ2v) is 12.7. The van der Waals surface area contributed by atoms with Crippen molar-refractivity contribution in [3.8, 4) is 5.75 Å². The second-order valence-electron chi connectivity index (χ2n) is 12.7. The van der Waals surface area contributed by atoms with Crippen molar-refractivity contribution in [2.24, 2.45) is 11.8 Å². The number of benzene rings is 2. The van der Waals surface area contributed by atoms with Crippen LogP contribution in [0.25, 0.3) is 0 Å². The average Bonchev–Trinajstić information content (AvgIpc) is 3.51. The van der Waals surface area contributed by atoms with Crippen LogP contribution in [-0.2, 0) is 36.8 Å². The minimum absolute atomic E-state index is 0.0677. The van der Waals surface area contributed by atoms with Gasteiger partial charge in [0, 0.05) is 26.4 Å². The molecule has 11 nitrogen and oxygen atoms in total. The lowest BCUT2D eigenvalue weighted by molar-refractivity contribution is -0.144. The van der Waals surface area contributed by atoms with Crippen molar-refractivity contribution in [3.63, 3.8) is 0 Å². The third-order valence-electron chi connectivity index (χ3n) is 8.70. The van der Waals surface area contributed by atoms with Gasteiger partial charge in [0.05, 0.1) is 0 Å². The van der Waals surface area contributed by atoms with Crippen molar-refractivity contribution in [2.45, 2.75) is 83.6 Å². The third kappa shape index (κ3) is 8.01. The fraction of sp³-hybridized carbons (Fsp3) is 0.500. The Morgan fingerprint density at radius 3 is 1.96 bits per heavy atom. The summed E-state index contributed by atoms with van der Waals surface area (Å²) < 4.78 is 0. The highest BCUT2D eigenvalue weighted by atomic mass is 16.3. The maximum absolute atomic E-state index is 14.2. The summed E-state index contributed by atoms with van der Waals surface area (Å²) in [5, 5.41) is 18.4. The van der Waals surface area contributed by atoms with Gasteiger partial charge in [0.25, 0.3) is 0 Å². The first-order valence-electron chi connectivity index (χ1n) is 15.7. The predicted molar refractivity (Wildman–Crippen MR) is 169 cm³/mol. The average molecular weight is 620 g/mol. The molecule has 2 fully saturated rings. The molecule has 0 saturated carbocycles. The Morgan fingerprint density at radius 2 is 1.33 bits per heavy atom. The predicted octanol–water partition coefficient (Wildman–Crippen LogP) is 1.78. The summed E-state index contributed by atoms with van der Waals surface area (Å²) in [5.41, 5.74) is 1.51. The fourth-order valence-corrected chi connectivity index (χ4v) is 6.00. The van der Waals surface area contributed by atoms with Gasteiger partial charge < -0.3 is 30.9 Å². The van der Waals surface area contributed by atoms with Crippen molar-refractivity contribution < 1.29 is 29.1 Å². The summed E-state index contributed by atoms with van der Waals surface area (Å²) in [5.74, 6) is -2.93. The number of fused-ring (bicyclic) bond motifs is 1. The van der Waals surface area contributed by atoms with Crippen LogP contribution in [0, 0.1) is 11.8 Å². The van der Waals surface area contributed by atoms with E-state index in [1.165, 1.54) is 29.0 Å². The second kappa shape index (κ2) is 14.6. The van der Waals surface area contributed by atoms with Gasteiger partial charge in [0.2, 0.25) is 29.5 Å². The summed E-state index contributed by atoms with van der Waals surface area (Å²) in [6.45, 7) is 7.55. The van der Waals surface area contributed by atoms with Crippen LogP contribution in [0.2, 0.25) is 0 Å². The summed E-state index contributed by atoms with van der Waals surface area (Å²) in [6, 6.07) is 10.9. The van der Waals surface area contributed by atoms with Crippen molar-refractivity contribution >= 4 is 29.5 Å². The lowest BCUT2D eigenvalue weighted by Crippen LogP contribution is -2.60. The highest BCUT2D eigenvalue weighted by Gasteiger charge is 2.42. The molecule has 2 aliphatic heterocycles. The molecule has 0 spiro atoms. The molecule has 2 heterocycles. The highest BCUT2D eigenvalue weighted by molar-refractivity contribution is 5.98. The van der Waals surface area contributed by atoms with E-state index in [-0.39, 0.29) is 30.4 Å². The van der Waals surface area contributed by atoms with Gasteiger partial charge in [-0.1, -0.05) is 70.2 Å². The van der Waals surface area contributed by atoms with E-state index in [4.69, 9.17) is 0 Å². The zero-order valence-electron chi connectivity index (χ0n) is 26.7. The molecule has 2 aromatic carbocycles. The van der Waals surface area contributed by atoms with Gasteiger partial charge in [-0.25, -0.2) is 0 Å². The molecular formula is C34H45N5O6. The SMILES string of the molecule is CC(C)C1NC(=O)C2CCCN2C(=O)C(Cc2ccc(O)cc2)NC(=O)C(Cc2ccccc2)N(C)C(=O)C(C(C)C)NC1=O. The Bertz CT molecular complexity index is 1380. The fourth-order valence-electron chi connectivity index (χ4n) is 6.00. The van der Waals surface area contributed by atoms with Crippen LogP contribution in [0.1, 0.15) is 51.7 Å². The van der Waals surface area contributed by atoms with Crippen LogP contribution in [0.15, 0.2) is 54.6 Å². The number of hydrogen-bond donors (Lipinski definition) is 4. The largest absolute Gasteiger partial charge is 0.508 e. The summed E-state index contributed by atoms with van der Waals surface area (Å²) in [6.07, 6.45) is 1.28. The van der Waals surface area contributed by atoms with E-state index in [1.807, 2.05) is 44.2 Å². The molecule has 0 bridgehead atoms. The van der Waals surface area contributed by atoms with E-state index in [0.29, 0.717) is 24.9 Å². The topological polar surface area (TPSA) is 148 Å². The number of nitrogens with zero attached hydrogens (tertiary/aromatic N) is 2. The first-order valence-corrected chi connectivity index (χ1v) is 15.7. The molecule has 242 valence electrons. The van der Waals surface area contributed by atoms with Crippen molar-refractivity contribution in [2.75, 3.05) is 13.6 Å². The van der Waals surface area contributed by atoms with Crippen LogP contribution >= 0.6 is 0 Å². The minimum atomic E-state index is -1.05. The van der Waals surface area contributed by atoms with Crippen molar-refractivity contribution in [3.05, 3.63) is 65.7 Å². The monoisotopic (exact) mass is 619 g/mol. The number of carbonyl (C=O) groups is 5. The zero-order chi connectivity index (χ0) is 32.8. The van der Waals surface area contributed by atoms with Gasteiger partial charge >= 0.3 is 0 Å². The molecule has 5 unspecified atom stereocenters. The highest BCUT2D eigenvalue weighted by Crippen LogP contribution is 2.22. The lowest BCUT2D eigenvalue weighted by atomic mass is 9.97. The number of likely N-dealkylation sites (N-methyl/N-ethyl adjacent to an activating group) is 1. The zero-order valence-corrected chi connectivity index (χ0v) is 26.7. The van der Waals surface area contributed by atoms with Gasteiger partial charge in [0.1, 0.15) is 36.0 Å². The van der Waals surface area contributed by atoms with Crippen LogP contribution in [-0.4, -0.2) is 88.2 Å². The van der Waals surface area contributed by atoms with Gasteiger partial charge in [0.15, 0.2) is 0 Å². The number of rotatable bonds is 6. The molecule has 4 N–H and O–H groups in total. The van der Waals surface area contributed by atoms with Crippen LogP contribution in [0.4, 0.5) is 0 Å². The molecule has 5 amide bonds. The molecule has 2 aromatic rings. The van der Waals surface area contributed by atoms with E-state index in [9.17, 15) is 29.1 Å². The van der Waals surface area contributed by atoms with Crippen LogP contribution in [0.3, 0.4) is 0 Å². The number of phenolic OH excluding ortho intramolecular Hbond substituents is 1. The molecular weight excluding hydrogens is 574 g/mol. The van der Waals surface area contributed by atoms with Gasteiger partial charge in [-0.2, -0.15) is 0 Å². The smallest absolute Gasteiger partial charge is 0.246 e. The number of amides is 5. The molecule has 2 aliphatic rings. The van der Waals surface area contributed by atoms with E-state index in [2.05, 4.69) is 16.0 Å². The third-order valence-corrected chi connectivity index (χ3v) is 8.70. The van der Waals surface area contributed by atoms with E-state index >= 15 is 0 Å². The number of nitrogens with one attached hydrogen (secondary N) is 3. The number of carbonyl (C=O) groups excluding carboxylic acids is 5. The Balaban J connectivity index is 1.80. The Morgan fingerprint density at radius 1 is 0.733 bits per heavy atom. The quantitative estimate of drug-likeness (QED) is 0.388. The van der Waals surface area contributed by atoms with E-state index < -0.39 is 59.7 Å². The molecule has 0 aromatic heterocycles. The standard InChI is InChI=1S/C34H45N5O6/c1-20(2)28-32(43)37-29(21(3)4)34(45)38(5)27(19-22-10-7-6-8-11-22)31(42)35-25(18-23-13-15-24(40)16-14-23)33(44)39-17-9-12-26(39)30(41)36-28/h6-8,10-11,13-16,20-21,25-29,40H,9,12,17-19H2,1-5H3,(H,35,42)(H,36,41)(H,37,43). The van der Waals surface area contributed by atoms with Crippen molar-refractivity contribution in [1.82, 2.24) is 25.8 Å². The maximum atomic E-state index is 14.2. The molecule has 45 heavy (non-hydrogen) atoms. The molecule has 2 saturated heterocycles. The maximum Gasteiger partial charge on any atom is 0.246 e. The van der Waals surface area contributed by atoms with Gasteiger partial charge in [-0.3, -0.25) is 24.0 Å². The lowest BCUT2D eigenvalue weighted by Gasteiger charge is -2.34. The number of hydrogen-bond acceptors (Lipinski definition) is 6. The van der Waals surface area contributed by atoms with E-state index in [0.717, 1.165) is 5.56 Å². The molecule has 4 rings (SSSR count). The first-order chi connectivity index (χ1) is 21.4. The molecule has 0 radical (unpaired) electrons. The molecule has 5 atom stereocenters. The van der Waals surface area contributed by atoms with Crippen molar-refractivity contribution in [1.29, 1.82) is 0 Å². The van der Waals surface area contributed by atoms with Crippen LogP contribution in [0.5, 0.6) is 5.75 Å². The van der Waals surface area contributed by atoms with E-state index in [1.54, 1.807) is 26.0 Å². The van der Waals surface area contributed by atoms with Crippen LogP contribution < -0.4 is 16.0 Å². The minimum Gasteiger partial charge on any atom is -0.508 e. The Labute approximate surface area is 264 Å². The Kier molecular flexibility index (Phi) is 10.8. The van der Waals surface area contributed by atoms with Gasteiger partial charge in [-0.05, 0) is 47.9 Å². The number of aromatic hydroxyl groups is 1. The first kappa shape index (κ1) is 33.5. The normalized spacial score (nSPS) is 25.4. The van der Waals surface area contributed by atoms with Gasteiger partial charge in [-0.15, -0.1) is 0 Å². The molecule has 0 aliphatic carbocycles. The molecule has 11 heteroatoms.